The van der Waals surface area contributed by atoms with Gasteiger partial charge in [-0.2, -0.15) is 0 Å². The number of rotatable bonds is 4. The van der Waals surface area contributed by atoms with Gasteiger partial charge in [-0.05, 0) is 39.9 Å². The Morgan fingerprint density at radius 3 is 2.50 bits per heavy atom. The highest BCUT2D eigenvalue weighted by molar-refractivity contribution is 7.17. The molecule has 1 unspecified atom stereocenters. The molecule has 0 bridgehead atoms. The number of hydrogen-bond acceptors (Lipinski definition) is 3. The number of fused-ring (bicyclic) bond motifs is 1. The van der Waals surface area contributed by atoms with Crippen molar-refractivity contribution in [3.63, 3.8) is 0 Å². The van der Waals surface area contributed by atoms with Gasteiger partial charge >= 0.3 is 6.03 Å². The van der Waals surface area contributed by atoms with Crippen molar-refractivity contribution in [3.05, 3.63) is 65.0 Å². The van der Waals surface area contributed by atoms with Crippen LogP contribution in [0.3, 0.4) is 0 Å². The fourth-order valence-corrected chi connectivity index (χ4v) is 3.79. The number of hydrogen-bond donors (Lipinski definition) is 3. The number of amides is 2. The first-order chi connectivity index (χ1) is 12.3. The molecule has 2 amide bonds. The molecular weight excluding hydrogens is 344 g/mol. The first-order valence-corrected chi connectivity index (χ1v) is 9.52. The summed E-state index contributed by atoms with van der Waals surface area (Å²) in [6.07, 6.45) is -0.736. The van der Waals surface area contributed by atoms with Crippen LogP contribution < -0.4 is 10.6 Å². The summed E-state index contributed by atoms with van der Waals surface area (Å²) in [4.78, 5) is 12.1. The lowest BCUT2D eigenvalue weighted by atomic mass is 9.87. The first-order valence-electron chi connectivity index (χ1n) is 8.64. The second-order valence-electron chi connectivity index (χ2n) is 7.37. The van der Waals surface area contributed by atoms with Gasteiger partial charge in [-0.15, -0.1) is 11.3 Å². The maximum absolute atomic E-state index is 12.1. The average Bonchev–Trinajstić information content (AvgIpc) is 3.03. The molecule has 0 aliphatic carbocycles. The number of thiophene rings is 1. The van der Waals surface area contributed by atoms with Crippen molar-refractivity contribution in [1.82, 2.24) is 5.32 Å². The number of urea groups is 1. The summed E-state index contributed by atoms with van der Waals surface area (Å²) in [6.45, 7) is 6.61. The van der Waals surface area contributed by atoms with Gasteiger partial charge in [0.05, 0.1) is 6.10 Å². The summed E-state index contributed by atoms with van der Waals surface area (Å²) in [7, 11) is 0. The van der Waals surface area contributed by atoms with E-state index < -0.39 is 6.10 Å². The predicted octanol–water partition coefficient (Wildman–Crippen LogP) is 5.05. The van der Waals surface area contributed by atoms with E-state index in [1.807, 2.05) is 53.9 Å². The molecule has 0 saturated carbocycles. The van der Waals surface area contributed by atoms with Crippen LogP contribution in [0, 0.1) is 0 Å². The molecule has 0 spiro atoms. The van der Waals surface area contributed by atoms with Crippen LogP contribution in [0.1, 0.15) is 38.0 Å². The fourth-order valence-electron chi connectivity index (χ4n) is 2.78. The van der Waals surface area contributed by atoms with Crippen LogP contribution in [0.2, 0.25) is 0 Å². The molecule has 4 nitrogen and oxygen atoms in total. The number of carbonyl (C=O) groups is 1. The van der Waals surface area contributed by atoms with Crippen LogP contribution in [-0.2, 0) is 5.41 Å². The Morgan fingerprint density at radius 2 is 1.81 bits per heavy atom. The molecule has 1 heterocycles. The maximum atomic E-state index is 12.1. The minimum absolute atomic E-state index is 0.0776. The summed E-state index contributed by atoms with van der Waals surface area (Å²) < 4.78 is 1.13. The maximum Gasteiger partial charge on any atom is 0.319 e. The van der Waals surface area contributed by atoms with Gasteiger partial charge in [0.2, 0.25) is 0 Å². The molecule has 0 saturated heterocycles. The molecule has 136 valence electrons. The number of aliphatic hydroxyl groups excluding tert-OH is 1. The van der Waals surface area contributed by atoms with Crippen molar-refractivity contribution in [3.8, 4) is 0 Å². The zero-order chi connectivity index (χ0) is 18.7. The molecule has 1 atom stereocenters. The van der Waals surface area contributed by atoms with E-state index in [0.29, 0.717) is 0 Å². The first kappa shape index (κ1) is 18.4. The number of nitrogens with one attached hydrogen (secondary N) is 2. The lowest BCUT2D eigenvalue weighted by molar-refractivity contribution is 0.177. The highest BCUT2D eigenvalue weighted by atomic mass is 32.1. The molecular formula is C21H24N2O2S. The van der Waals surface area contributed by atoms with Crippen molar-refractivity contribution in [1.29, 1.82) is 0 Å². The molecule has 3 N–H and O–H groups in total. The SMILES string of the molecule is CC(C)(C)c1ccc(NC(=O)NCC(O)c2csc3ccccc23)cc1. The molecule has 0 aliphatic heterocycles. The van der Waals surface area contributed by atoms with Gasteiger partial charge in [0.1, 0.15) is 0 Å². The summed E-state index contributed by atoms with van der Waals surface area (Å²) >= 11 is 1.59. The van der Waals surface area contributed by atoms with Gasteiger partial charge in [-0.1, -0.05) is 51.1 Å². The largest absolute Gasteiger partial charge is 0.387 e. The minimum Gasteiger partial charge on any atom is -0.387 e. The van der Waals surface area contributed by atoms with Crippen molar-refractivity contribution < 1.29 is 9.90 Å². The molecule has 3 rings (SSSR count). The molecule has 5 heteroatoms. The lowest BCUT2D eigenvalue weighted by Gasteiger charge is -2.19. The molecule has 0 aliphatic rings. The third kappa shape index (κ3) is 4.23. The Hall–Kier alpha value is -2.37. The van der Waals surface area contributed by atoms with E-state index in [1.165, 1.54) is 5.56 Å². The smallest absolute Gasteiger partial charge is 0.319 e. The highest BCUT2D eigenvalue weighted by Crippen LogP contribution is 2.30. The fraction of sp³-hybridized carbons (Fsp3) is 0.286. The standard InChI is InChI=1S/C21H24N2O2S/c1-21(2,3)14-8-10-15(11-9-14)23-20(25)22-12-18(24)17-13-26-19-7-5-4-6-16(17)19/h4-11,13,18,24H,12H2,1-3H3,(H2,22,23,25). The van der Waals surface area contributed by atoms with E-state index in [4.69, 9.17) is 0 Å². The van der Waals surface area contributed by atoms with E-state index in [0.717, 1.165) is 21.3 Å². The third-order valence-corrected chi connectivity index (χ3v) is 5.32. The quantitative estimate of drug-likeness (QED) is 0.603. The second kappa shape index (κ2) is 7.48. The highest BCUT2D eigenvalue weighted by Gasteiger charge is 2.15. The Balaban J connectivity index is 1.57. The second-order valence-corrected chi connectivity index (χ2v) is 8.28. The van der Waals surface area contributed by atoms with E-state index in [9.17, 15) is 9.90 Å². The molecule has 0 fully saturated rings. The van der Waals surface area contributed by atoms with Gasteiger partial charge in [-0.25, -0.2) is 4.79 Å². The van der Waals surface area contributed by atoms with Crippen LogP contribution in [0.5, 0.6) is 0 Å². The van der Waals surface area contributed by atoms with E-state index in [-0.39, 0.29) is 18.0 Å². The number of aliphatic hydroxyl groups is 1. The number of carbonyl (C=O) groups excluding carboxylic acids is 1. The van der Waals surface area contributed by atoms with Crippen LogP contribution >= 0.6 is 11.3 Å². The van der Waals surface area contributed by atoms with Crippen LogP contribution in [0.15, 0.2) is 53.9 Å². The van der Waals surface area contributed by atoms with Crippen LogP contribution in [0.25, 0.3) is 10.1 Å². The van der Waals surface area contributed by atoms with Gasteiger partial charge in [0.15, 0.2) is 0 Å². The monoisotopic (exact) mass is 368 g/mol. The van der Waals surface area contributed by atoms with E-state index >= 15 is 0 Å². The normalized spacial score (nSPS) is 12.8. The van der Waals surface area contributed by atoms with Crippen molar-refractivity contribution in [2.24, 2.45) is 0 Å². The Kier molecular flexibility index (Phi) is 5.30. The average molecular weight is 369 g/mol. The van der Waals surface area contributed by atoms with Gasteiger partial charge in [0.25, 0.3) is 0 Å². The van der Waals surface area contributed by atoms with Crippen LogP contribution in [0.4, 0.5) is 10.5 Å². The topological polar surface area (TPSA) is 61.4 Å². The van der Waals surface area contributed by atoms with Gasteiger partial charge < -0.3 is 15.7 Å². The summed E-state index contributed by atoms with van der Waals surface area (Å²) in [6, 6.07) is 15.4. The molecule has 3 aromatic rings. The molecule has 26 heavy (non-hydrogen) atoms. The van der Waals surface area contributed by atoms with Gasteiger partial charge in [-0.3, -0.25) is 0 Å². The molecule has 0 radical (unpaired) electrons. The third-order valence-electron chi connectivity index (χ3n) is 4.33. The Bertz CT molecular complexity index is 894. The Labute approximate surface area is 157 Å². The summed E-state index contributed by atoms with van der Waals surface area (Å²) in [5.74, 6) is 0. The Morgan fingerprint density at radius 1 is 1.12 bits per heavy atom. The zero-order valence-electron chi connectivity index (χ0n) is 15.2. The van der Waals surface area contributed by atoms with E-state index in [1.54, 1.807) is 11.3 Å². The summed E-state index contributed by atoms with van der Waals surface area (Å²) in [5, 5.41) is 18.9. The van der Waals surface area contributed by atoms with Crippen LogP contribution in [-0.4, -0.2) is 17.7 Å². The molecule has 2 aromatic carbocycles. The van der Waals surface area contributed by atoms with Crippen molar-refractivity contribution in [2.75, 3.05) is 11.9 Å². The molecule has 1 aromatic heterocycles. The zero-order valence-corrected chi connectivity index (χ0v) is 16.1. The summed E-state index contributed by atoms with van der Waals surface area (Å²) in [5.41, 5.74) is 2.86. The number of anilines is 1. The van der Waals surface area contributed by atoms with Crippen molar-refractivity contribution >= 4 is 33.1 Å². The van der Waals surface area contributed by atoms with Gasteiger partial charge in [0, 0.05) is 22.5 Å². The van der Waals surface area contributed by atoms with E-state index in [2.05, 4.69) is 31.4 Å². The number of benzene rings is 2. The minimum atomic E-state index is -0.736. The van der Waals surface area contributed by atoms with Crippen molar-refractivity contribution in [2.45, 2.75) is 32.3 Å². The predicted molar refractivity (Wildman–Crippen MR) is 109 cm³/mol. The lowest BCUT2D eigenvalue weighted by Crippen LogP contribution is -2.32.